The molecule has 2 heterocycles. The second kappa shape index (κ2) is 5.87. The fourth-order valence-corrected chi connectivity index (χ4v) is 3.55. The minimum Gasteiger partial charge on any atom is -0.275 e. The maximum Gasteiger partial charge on any atom is 0.416 e. The summed E-state index contributed by atoms with van der Waals surface area (Å²) in [5.74, 6) is 0. The lowest BCUT2D eigenvalue weighted by Crippen LogP contribution is -2.46. The summed E-state index contributed by atoms with van der Waals surface area (Å²) in [4.78, 5) is 4.91. The van der Waals surface area contributed by atoms with E-state index in [2.05, 4.69) is 10.2 Å². The molecule has 0 saturated heterocycles. The van der Waals surface area contributed by atoms with E-state index in [9.17, 15) is 13.2 Å². The lowest BCUT2D eigenvalue weighted by molar-refractivity contribution is -0.137. The zero-order chi connectivity index (χ0) is 20.3. The molecule has 6 heteroatoms. The zero-order valence-electron chi connectivity index (χ0n) is 16.1. The molecule has 0 fully saturated rings. The first-order valence-electron chi connectivity index (χ1n) is 9.05. The van der Waals surface area contributed by atoms with Crippen molar-refractivity contribution in [1.82, 2.24) is 10.2 Å². The van der Waals surface area contributed by atoms with Gasteiger partial charge in [0.05, 0.1) is 22.3 Å². The van der Waals surface area contributed by atoms with Crippen molar-refractivity contribution in [3.63, 3.8) is 0 Å². The van der Waals surface area contributed by atoms with Crippen molar-refractivity contribution in [2.75, 3.05) is 0 Å². The average Bonchev–Trinajstić information content (AvgIpc) is 2.63. The van der Waals surface area contributed by atoms with Crippen molar-refractivity contribution < 1.29 is 13.2 Å². The third-order valence-corrected chi connectivity index (χ3v) is 5.93. The molecule has 0 spiro atoms. The van der Waals surface area contributed by atoms with Gasteiger partial charge in [-0.3, -0.25) is 4.99 Å². The monoisotopic (exact) mass is 383 g/mol. The van der Waals surface area contributed by atoms with Crippen LogP contribution in [-0.4, -0.2) is 21.4 Å². The van der Waals surface area contributed by atoms with Gasteiger partial charge in [0, 0.05) is 16.4 Å². The molecule has 0 aliphatic carbocycles. The summed E-state index contributed by atoms with van der Waals surface area (Å²) in [6.45, 7) is 7.73. The SMILES string of the molecule is CC1(C)N=C(c2cc3ccccc3nn2)c2ccc(C(F)(F)F)cc2C1(C)C. The number of hydrogen-bond acceptors (Lipinski definition) is 3. The van der Waals surface area contributed by atoms with Gasteiger partial charge < -0.3 is 0 Å². The highest BCUT2D eigenvalue weighted by Crippen LogP contribution is 2.45. The maximum absolute atomic E-state index is 13.3. The largest absolute Gasteiger partial charge is 0.416 e. The standard InChI is InChI=1S/C22H20F3N3/c1-20(2)16-12-14(22(23,24)25)9-10-15(16)19(26-21(20,3)4)18-11-13-7-5-6-8-17(13)27-28-18/h5-12H,1-4H3. The predicted octanol–water partition coefficient (Wildman–Crippen LogP) is 5.56. The Bertz CT molecular complexity index is 1110. The Hall–Kier alpha value is -2.76. The number of halogens is 3. The Morgan fingerprint density at radius 3 is 2.29 bits per heavy atom. The van der Waals surface area contributed by atoms with Crippen LogP contribution in [0.15, 0.2) is 53.5 Å². The van der Waals surface area contributed by atoms with Gasteiger partial charge in [-0.2, -0.15) is 13.2 Å². The number of hydrogen-bond donors (Lipinski definition) is 0. The fraction of sp³-hybridized carbons (Fsp3) is 0.318. The van der Waals surface area contributed by atoms with Gasteiger partial charge in [-0.25, -0.2) is 0 Å². The summed E-state index contributed by atoms with van der Waals surface area (Å²) in [5.41, 5.74) is 1.32. The van der Waals surface area contributed by atoms with Crippen LogP contribution in [0.2, 0.25) is 0 Å². The normalized spacial score (nSPS) is 17.9. The van der Waals surface area contributed by atoms with Crippen LogP contribution in [0.3, 0.4) is 0 Å². The van der Waals surface area contributed by atoms with Crippen LogP contribution in [0.4, 0.5) is 13.2 Å². The first-order valence-corrected chi connectivity index (χ1v) is 9.05. The van der Waals surface area contributed by atoms with Gasteiger partial charge >= 0.3 is 6.18 Å². The molecule has 0 saturated carbocycles. The first-order chi connectivity index (χ1) is 13.0. The van der Waals surface area contributed by atoms with Gasteiger partial charge in [0.1, 0.15) is 5.69 Å². The molecule has 2 aromatic carbocycles. The van der Waals surface area contributed by atoms with E-state index >= 15 is 0 Å². The van der Waals surface area contributed by atoms with Crippen molar-refractivity contribution in [2.45, 2.75) is 44.8 Å². The fourth-order valence-electron chi connectivity index (χ4n) is 3.55. The van der Waals surface area contributed by atoms with E-state index < -0.39 is 22.7 Å². The van der Waals surface area contributed by atoms with Crippen molar-refractivity contribution >= 4 is 16.6 Å². The van der Waals surface area contributed by atoms with Crippen LogP contribution in [0, 0.1) is 0 Å². The van der Waals surface area contributed by atoms with Crippen molar-refractivity contribution in [2.24, 2.45) is 4.99 Å². The van der Waals surface area contributed by atoms with Crippen molar-refractivity contribution in [3.05, 3.63) is 70.9 Å². The highest BCUT2D eigenvalue weighted by Gasteiger charge is 2.45. The van der Waals surface area contributed by atoms with E-state index in [0.717, 1.165) is 17.0 Å². The molecule has 1 aliphatic heterocycles. The number of aliphatic imine (C=N–C) groups is 1. The minimum atomic E-state index is -4.40. The molecule has 0 atom stereocenters. The van der Waals surface area contributed by atoms with E-state index in [-0.39, 0.29) is 0 Å². The van der Waals surface area contributed by atoms with Crippen molar-refractivity contribution in [1.29, 1.82) is 0 Å². The van der Waals surface area contributed by atoms with E-state index in [1.165, 1.54) is 12.1 Å². The number of benzene rings is 2. The Kier molecular flexibility index (Phi) is 3.90. The van der Waals surface area contributed by atoms with Crippen molar-refractivity contribution in [3.8, 4) is 0 Å². The highest BCUT2D eigenvalue weighted by atomic mass is 19.4. The Morgan fingerprint density at radius 2 is 1.57 bits per heavy atom. The van der Waals surface area contributed by atoms with Crippen LogP contribution in [0.1, 0.15) is 50.1 Å². The van der Waals surface area contributed by atoms with Gasteiger partial charge in [0.2, 0.25) is 0 Å². The molecule has 4 rings (SSSR count). The summed E-state index contributed by atoms with van der Waals surface area (Å²) in [6.07, 6.45) is -4.40. The number of nitrogens with zero attached hydrogens (tertiary/aromatic N) is 3. The number of fused-ring (bicyclic) bond motifs is 2. The predicted molar refractivity (Wildman–Crippen MR) is 104 cm³/mol. The quantitative estimate of drug-likeness (QED) is 0.552. The molecule has 0 bridgehead atoms. The second-order valence-corrected chi connectivity index (χ2v) is 8.19. The van der Waals surface area contributed by atoms with Crippen LogP contribution < -0.4 is 0 Å². The van der Waals surface area contributed by atoms with Gasteiger partial charge in [0.15, 0.2) is 0 Å². The molecule has 0 N–H and O–H groups in total. The van der Waals surface area contributed by atoms with Crippen LogP contribution in [0.5, 0.6) is 0 Å². The lowest BCUT2D eigenvalue weighted by atomic mass is 9.65. The first kappa shape index (κ1) is 18.6. The molecule has 1 aliphatic rings. The summed E-state index contributed by atoms with van der Waals surface area (Å²) in [7, 11) is 0. The summed E-state index contributed by atoms with van der Waals surface area (Å²) >= 11 is 0. The Balaban J connectivity index is 1.97. The van der Waals surface area contributed by atoms with E-state index in [1.807, 2.05) is 58.0 Å². The zero-order valence-corrected chi connectivity index (χ0v) is 16.1. The lowest BCUT2D eigenvalue weighted by Gasteiger charge is -2.44. The smallest absolute Gasteiger partial charge is 0.275 e. The molecule has 1 aromatic heterocycles. The van der Waals surface area contributed by atoms with Gasteiger partial charge in [-0.15, -0.1) is 10.2 Å². The van der Waals surface area contributed by atoms with E-state index in [0.29, 0.717) is 22.5 Å². The molecular weight excluding hydrogens is 363 g/mol. The van der Waals surface area contributed by atoms with E-state index in [4.69, 9.17) is 4.99 Å². The van der Waals surface area contributed by atoms with Gasteiger partial charge in [0.25, 0.3) is 0 Å². The van der Waals surface area contributed by atoms with Gasteiger partial charge in [-0.05, 0) is 43.7 Å². The summed E-state index contributed by atoms with van der Waals surface area (Å²) < 4.78 is 40.0. The molecule has 144 valence electrons. The molecular formula is C22H20F3N3. The van der Waals surface area contributed by atoms with E-state index in [1.54, 1.807) is 0 Å². The van der Waals surface area contributed by atoms with Crippen LogP contribution in [0.25, 0.3) is 10.9 Å². The van der Waals surface area contributed by atoms with Gasteiger partial charge in [-0.1, -0.05) is 38.1 Å². The topological polar surface area (TPSA) is 38.1 Å². The number of rotatable bonds is 1. The number of aromatic nitrogens is 2. The van der Waals surface area contributed by atoms with Crippen LogP contribution in [-0.2, 0) is 11.6 Å². The third kappa shape index (κ3) is 2.79. The van der Waals surface area contributed by atoms with Crippen LogP contribution >= 0.6 is 0 Å². The highest BCUT2D eigenvalue weighted by molar-refractivity contribution is 6.14. The maximum atomic E-state index is 13.3. The average molecular weight is 383 g/mol. The molecule has 3 nitrogen and oxygen atoms in total. The molecule has 0 unspecified atom stereocenters. The number of alkyl halides is 3. The third-order valence-electron chi connectivity index (χ3n) is 5.93. The second-order valence-electron chi connectivity index (χ2n) is 8.19. The Morgan fingerprint density at radius 1 is 0.857 bits per heavy atom. The molecule has 28 heavy (non-hydrogen) atoms. The molecule has 0 amide bonds. The summed E-state index contributed by atoms with van der Waals surface area (Å²) in [5, 5.41) is 9.48. The Labute approximate surface area is 161 Å². The summed E-state index contributed by atoms with van der Waals surface area (Å²) in [6, 6.07) is 13.3. The minimum absolute atomic E-state index is 0.559. The molecule has 3 aromatic rings. The molecule has 0 radical (unpaired) electrons.